The van der Waals surface area contributed by atoms with E-state index in [1.165, 1.54) is 19.2 Å². The first-order chi connectivity index (χ1) is 16.4. The summed E-state index contributed by atoms with van der Waals surface area (Å²) >= 11 is 6.15. The Morgan fingerprint density at radius 2 is 1.82 bits per heavy atom. The van der Waals surface area contributed by atoms with Gasteiger partial charge >= 0.3 is 0 Å². The molecule has 1 aliphatic rings. The molecule has 176 valence electrons. The van der Waals surface area contributed by atoms with Crippen LogP contribution in [0.1, 0.15) is 33.4 Å². The smallest absolute Gasteiger partial charge is 0.254 e. The Morgan fingerprint density at radius 3 is 2.53 bits per heavy atom. The van der Waals surface area contributed by atoms with E-state index in [2.05, 4.69) is 5.32 Å². The van der Waals surface area contributed by atoms with E-state index < -0.39 is 17.8 Å². The van der Waals surface area contributed by atoms with Crippen molar-refractivity contribution in [2.45, 2.75) is 12.0 Å². The van der Waals surface area contributed by atoms with Crippen LogP contribution in [0.5, 0.6) is 5.75 Å². The summed E-state index contributed by atoms with van der Waals surface area (Å²) in [5.41, 5.74) is 2.08. The lowest BCUT2D eigenvalue weighted by molar-refractivity contribution is -0.119. The lowest BCUT2D eigenvalue weighted by Gasteiger charge is -2.41. The highest BCUT2D eigenvalue weighted by Gasteiger charge is 2.44. The minimum atomic E-state index is -0.778. The Balaban J connectivity index is 1.84. The lowest BCUT2D eigenvalue weighted by Crippen LogP contribution is -2.47. The van der Waals surface area contributed by atoms with Gasteiger partial charge in [-0.3, -0.25) is 9.59 Å². The largest absolute Gasteiger partial charge is 0.495 e. The highest BCUT2D eigenvalue weighted by atomic mass is 35.5. The zero-order valence-corrected chi connectivity index (χ0v) is 19.5. The number of amides is 2. The van der Waals surface area contributed by atoms with Gasteiger partial charge < -0.3 is 19.7 Å². The number of carbonyl (C=O) groups is 2. The summed E-state index contributed by atoms with van der Waals surface area (Å²) < 4.78 is 24.3. The van der Waals surface area contributed by atoms with E-state index in [1.807, 2.05) is 0 Å². The van der Waals surface area contributed by atoms with Gasteiger partial charge in [0.1, 0.15) is 11.6 Å². The van der Waals surface area contributed by atoms with Crippen LogP contribution in [0.15, 0.2) is 66.7 Å². The number of hydrogen-bond donors (Lipinski definition) is 1. The molecule has 8 heteroatoms. The van der Waals surface area contributed by atoms with Crippen molar-refractivity contribution in [3.8, 4) is 5.75 Å². The molecule has 0 unspecified atom stereocenters. The zero-order chi connectivity index (χ0) is 24.2. The predicted octanol–water partition coefficient (Wildman–Crippen LogP) is 5.05. The second-order valence-electron chi connectivity index (χ2n) is 7.89. The normalized spacial score (nSPS) is 17.3. The molecule has 1 aliphatic heterocycles. The fourth-order valence-electron chi connectivity index (χ4n) is 4.33. The van der Waals surface area contributed by atoms with Gasteiger partial charge in [0.15, 0.2) is 0 Å². The van der Waals surface area contributed by atoms with E-state index in [0.717, 1.165) is 0 Å². The SMILES string of the molecule is COCCN1C(=O)c2ccccc2[C@H](C(=O)Nc2cc(Cl)ccc2OC)[C@@H]1c1ccc(F)cc1. The van der Waals surface area contributed by atoms with Gasteiger partial charge in [0.2, 0.25) is 5.91 Å². The summed E-state index contributed by atoms with van der Waals surface area (Å²) in [6.45, 7) is 0.540. The van der Waals surface area contributed by atoms with Crippen LogP contribution in [0.25, 0.3) is 0 Å². The highest BCUT2D eigenvalue weighted by molar-refractivity contribution is 6.31. The zero-order valence-electron chi connectivity index (χ0n) is 18.8. The summed E-state index contributed by atoms with van der Waals surface area (Å²) in [5.74, 6) is -1.30. The maximum Gasteiger partial charge on any atom is 0.254 e. The first kappa shape index (κ1) is 23.7. The summed E-state index contributed by atoms with van der Waals surface area (Å²) in [5, 5.41) is 3.36. The van der Waals surface area contributed by atoms with Gasteiger partial charge in [-0.15, -0.1) is 0 Å². The van der Waals surface area contributed by atoms with Gasteiger partial charge in [-0.25, -0.2) is 4.39 Å². The van der Waals surface area contributed by atoms with Crippen molar-refractivity contribution in [1.82, 2.24) is 4.90 Å². The third kappa shape index (κ3) is 4.62. The van der Waals surface area contributed by atoms with Gasteiger partial charge in [-0.1, -0.05) is 41.9 Å². The maximum atomic E-state index is 13.8. The molecule has 0 aromatic heterocycles. The number of rotatable bonds is 7. The first-order valence-corrected chi connectivity index (χ1v) is 11.1. The Kier molecular flexibility index (Phi) is 7.14. The monoisotopic (exact) mass is 482 g/mol. The van der Waals surface area contributed by atoms with Crippen molar-refractivity contribution in [2.75, 3.05) is 32.7 Å². The summed E-state index contributed by atoms with van der Waals surface area (Å²) in [7, 11) is 3.05. The summed E-state index contributed by atoms with van der Waals surface area (Å²) in [6.07, 6.45) is 0. The number of carbonyl (C=O) groups excluding carboxylic acids is 2. The molecule has 1 N–H and O–H groups in total. The van der Waals surface area contributed by atoms with Crippen molar-refractivity contribution < 1.29 is 23.5 Å². The number of halogens is 2. The molecule has 0 fully saturated rings. The van der Waals surface area contributed by atoms with E-state index in [4.69, 9.17) is 21.1 Å². The molecule has 3 aromatic carbocycles. The standard InChI is InChI=1S/C26H24ClFN2O4/c1-33-14-13-30-24(16-7-10-18(28)11-8-16)23(19-5-3-4-6-20(19)26(30)32)25(31)29-21-15-17(27)9-12-22(21)34-2/h3-12,15,23-24H,13-14H2,1-2H3,(H,29,31)/t23-,24-/m0/s1. The number of ether oxygens (including phenoxy) is 2. The molecule has 2 atom stereocenters. The molecule has 0 spiro atoms. The van der Waals surface area contributed by atoms with Crippen LogP contribution in [-0.2, 0) is 9.53 Å². The Morgan fingerprint density at radius 1 is 1.09 bits per heavy atom. The highest BCUT2D eigenvalue weighted by Crippen LogP contribution is 2.43. The van der Waals surface area contributed by atoms with Crippen LogP contribution in [0.2, 0.25) is 5.02 Å². The number of nitrogens with one attached hydrogen (secondary N) is 1. The van der Waals surface area contributed by atoms with Crippen LogP contribution in [0.3, 0.4) is 0 Å². The number of nitrogens with zero attached hydrogens (tertiary/aromatic N) is 1. The topological polar surface area (TPSA) is 67.9 Å². The minimum Gasteiger partial charge on any atom is -0.495 e. The molecule has 1 heterocycles. The fraction of sp³-hybridized carbons (Fsp3) is 0.231. The quantitative estimate of drug-likeness (QED) is 0.511. The van der Waals surface area contributed by atoms with E-state index in [0.29, 0.717) is 33.1 Å². The lowest BCUT2D eigenvalue weighted by atomic mass is 9.79. The van der Waals surface area contributed by atoms with Gasteiger partial charge in [-0.2, -0.15) is 0 Å². The van der Waals surface area contributed by atoms with Crippen molar-refractivity contribution in [2.24, 2.45) is 0 Å². The van der Waals surface area contributed by atoms with Gasteiger partial charge in [0.05, 0.1) is 31.4 Å². The average Bonchev–Trinajstić information content (AvgIpc) is 2.84. The maximum absolute atomic E-state index is 13.8. The van der Waals surface area contributed by atoms with E-state index in [-0.39, 0.29) is 25.0 Å². The van der Waals surface area contributed by atoms with Crippen LogP contribution < -0.4 is 10.1 Å². The second-order valence-corrected chi connectivity index (χ2v) is 8.32. The fourth-order valence-corrected chi connectivity index (χ4v) is 4.50. The van der Waals surface area contributed by atoms with Crippen LogP contribution in [0.4, 0.5) is 10.1 Å². The molecule has 2 amide bonds. The Hall–Kier alpha value is -3.42. The van der Waals surface area contributed by atoms with Gasteiger partial charge in [-0.05, 0) is 47.5 Å². The second kappa shape index (κ2) is 10.2. The molecule has 0 bridgehead atoms. The number of benzene rings is 3. The van der Waals surface area contributed by atoms with Crippen LogP contribution >= 0.6 is 11.6 Å². The molecule has 0 saturated heterocycles. The number of fused-ring (bicyclic) bond motifs is 1. The van der Waals surface area contributed by atoms with Crippen molar-refractivity contribution in [1.29, 1.82) is 0 Å². The average molecular weight is 483 g/mol. The molecule has 3 aromatic rings. The molecule has 0 aliphatic carbocycles. The Labute approximate surface area is 202 Å². The van der Waals surface area contributed by atoms with E-state index in [1.54, 1.807) is 66.6 Å². The van der Waals surface area contributed by atoms with Crippen LogP contribution in [0, 0.1) is 5.82 Å². The molecule has 4 rings (SSSR count). The third-order valence-corrected chi connectivity index (χ3v) is 6.12. The minimum absolute atomic E-state index is 0.216. The molecule has 6 nitrogen and oxygen atoms in total. The van der Waals surface area contributed by atoms with Crippen molar-refractivity contribution in [3.63, 3.8) is 0 Å². The summed E-state index contributed by atoms with van der Waals surface area (Å²) in [6, 6.07) is 17.1. The molecular formula is C26H24ClFN2O4. The third-order valence-electron chi connectivity index (χ3n) is 5.89. The van der Waals surface area contributed by atoms with E-state index >= 15 is 0 Å². The molecule has 0 saturated carbocycles. The number of anilines is 1. The number of hydrogen-bond acceptors (Lipinski definition) is 4. The van der Waals surface area contributed by atoms with Crippen molar-refractivity contribution >= 4 is 29.1 Å². The molecule has 0 radical (unpaired) electrons. The molecule has 34 heavy (non-hydrogen) atoms. The summed E-state index contributed by atoms with van der Waals surface area (Å²) in [4.78, 5) is 28.9. The first-order valence-electron chi connectivity index (χ1n) is 10.7. The van der Waals surface area contributed by atoms with Crippen molar-refractivity contribution in [3.05, 3.63) is 94.3 Å². The number of methoxy groups -OCH3 is 2. The predicted molar refractivity (Wildman–Crippen MR) is 128 cm³/mol. The Bertz CT molecular complexity index is 1200. The van der Waals surface area contributed by atoms with Crippen LogP contribution in [-0.4, -0.2) is 44.1 Å². The van der Waals surface area contributed by atoms with E-state index in [9.17, 15) is 14.0 Å². The molecular weight excluding hydrogens is 459 g/mol. The van der Waals surface area contributed by atoms with Gasteiger partial charge in [0, 0.05) is 24.2 Å². The van der Waals surface area contributed by atoms with Gasteiger partial charge in [0.25, 0.3) is 5.91 Å².